The number of likely N-dealkylation sites (tertiary alicyclic amines) is 1. The predicted molar refractivity (Wildman–Crippen MR) is 240 cm³/mol. The minimum atomic E-state index is -0.995. The summed E-state index contributed by atoms with van der Waals surface area (Å²) in [4.78, 5) is 40.8. The number of hydrogen-bond donors (Lipinski definition) is 3. The second kappa shape index (κ2) is 19.0. The molecule has 10 nitrogen and oxygen atoms in total. The fourth-order valence-electron chi connectivity index (χ4n) is 10.0. The largest absolute Gasteiger partial charge is 0.494 e. The normalized spacial score (nSPS) is 20.8. The van der Waals surface area contributed by atoms with Gasteiger partial charge in [-0.3, -0.25) is 19.8 Å². The number of piperidine rings is 2. The summed E-state index contributed by atoms with van der Waals surface area (Å²) >= 11 is 0. The van der Waals surface area contributed by atoms with Crippen molar-refractivity contribution in [1.82, 2.24) is 15.5 Å². The van der Waals surface area contributed by atoms with E-state index in [1.54, 1.807) is 6.07 Å². The van der Waals surface area contributed by atoms with Crippen LogP contribution in [0.1, 0.15) is 94.1 Å². The van der Waals surface area contributed by atoms with Crippen LogP contribution in [-0.2, 0) is 29.2 Å². The molecule has 0 aromatic heterocycles. The summed E-state index contributed by atoms with van der Waals surface area (Å²) in [5.74, 6) is 1.47. The summed E-state index contributed by atoms with van der Waals surface area (Å²) in [6.07, 6.45) is 5.92. The Balaban J connectivity index is 0.751. The molecule has 1 unspecified atom stereocenters. The minimum absolute atomic E-state index is 0.221. The third kappa shape index (κ3) is 9.57. The summed E-state index contributed by atoms with van der Waals surface area (Å²) in [7, 11) is 0. The molecule has 3 heterocycles. The number of anilines is 1. The molecule has 320 valence electrons. The quantitative estimate of drug-likeness (QED) is 0.0900. The van der Waals surface area contributed by atoms with Gasteiger partial charge in [0.1, 0.15) is 18.1 Å². The number of carbonyl (C=O) groups is 3. The van der Waals surface area contributed by atoms with Crippen molar-refractivity contribution in [3.63, 3.8) is 0 Å². The first-order valence-corrected chi connectivity index (χ1v) is 22.3. The van der Waals surface area contributed by atoms with E-state index in [2.05, 4.69) is 105 Å². The van der Waals surface area contributed by atoms with Crippen LogP contribution in [0.2, 0.25) is 0 Å². The van der Waals surface area contributed by atoms with Crippen molar-refractivity contribution in [2.24, 2.45) is 5.92 Å². The van der Waals surface area contributed by atoms with Gasteiger partial charge in [0, 0.05) is 56.8 Å². The van der Waals surface area contributed by atoms with Crippen LogP contribution in [0.15, 0.2) is 121 Å². The Labute approximate surface area is 364 Å². The molecular formula is C52H56N4O6. The van der Waals surface area contributed by atoms with Crippen molar-refractivity contribution in [3.8, 4) is 11.5 Å². The van der Waals surface area contributed by atoms with Crippen molar-refractivity contribution < 1.29 is 29.0 Å². The molecule has 5 aromatic rings. The average Bonchev–Trinajstić information content (AvgIpc) is 3.29. The SMILES string of the molecule is O=C1CCC(NCc2cc(N3CCC(N4CC(CCOc5ccc([C@@H]6c7ccc(OCc8ccccc8)cc7CC[C@@H]6c6ccccc6)cc5)C4)CC3)ccc2C(=O)O)C(=O)N1. The number of fused-ring (bicyclic) bond motifs is 1. The second-order valence-electron chi connectivity index (χ2n) is 17.4. The fourth-order valence-corrected chi connectivity index (χ4v) is 10.0. The maximum absolute atomic E-state index is 12.2. The van der Waals surface area contributed by atoms with Crippen molar-refractivity contribution in [2.75, 3.05) is 37.7 Å². The van der Waals surface area contributed by atoms with Crippen molar-refractivity contribution in [3.05, 3.63) is 160 Å². The standard InChI is InChI=1S/C52H56N4O6/c57-49-22-21-48(51(58)54-49)53-31-40-29-42(14-19-47(40)52(59)60)55-26-23-41(24-27-55)56-32-36(33-56)25-28-61-43-15-11-38(12-16-43)50-45(37-9-5-2-6-10-37)18-13-39-30-44(17-20-46(39)50)62-34-35-7-3-1-4-8-35/h1-12,14-17,19-20,29-30,36,41,45,48,50,53H,13,18,21-28,31-34H2,(H,59,60)(H,54,57,58)/t45-,48?,50+/m1/s1. The lowest BCUT2D eigenvalue weighted by molar-refractivity contribution is -0.134. The molecule has 0 bridgehead atoms. The first kappa shape index (κ1) is 41.4. The van der Waals surface area contributed by atoms with Gasteiger partial charge in [-0.25, -0.2) is 4.79 Å². The molecule has 9 rings (SSSR count). The van der Waals surface area contributed by atoms with Crippen LogP contribution < -0.4 is 25.0 Å². The number of nitrogens with zero attached hydrogens (tertiary/aromatic N) is 2. The molecule has 2 amide bonds. The van der Waals surface area contributed by atoms with Crippen LogP contribution in [0.5, 0.6) is 11.5 Å². The number of imide groups is 1. The minimum Gasteiger partial charge on any atom is -0.494 e. The maximum atomic E-state index is 12.2. The Bertz CT molecular complexity index is 2340. The molecule has 3 aliphatic heterocycles. The number of nitrogens with one attached hydrogen (secondary N) is 2. The number of amides is 2. The number of aromatic carboxylic acids is 1. The van der Waals surface area contributed by atoms with Gasteiger partial charge < -0.3 is 24.8 Å². The number of hydrogen-bond acceptors (Lipinski definition) is 8. The Morgan fingerprint density at radius 3 is 2.24 bits per heavy atom. The van der Waals surface area contributed by atoms with E-state index in [-0.39, 0.29) is 36.3 Å². The highest BCUT2D eigenvalue weighted by Crippen LogP contribution is 2.47. The van der Waals surface area contributed by atoms with Crippen LogP contribution >= 0.6 is 0 Å². The van der Waals surface area contributed by atoms with Crippen molar-refractivity contribution >= 4 is 23.5 Å². The van der Waals surface area contributed by atoms with Gasteiger partial charge in [-0.2, -0.15) is 0 Å². The topological polar surface area (TPSA) is 120 Å². The lowest BCUT2D eigenvalue weighted by Crippen LogP contribution is -2.55. The zero-order valence-electron chi connectivity index (χ0n) is 35.2. The maximum Gasteiger partial charge on any atom is 0.336 e. The molecule has 3 fully saturated rings. The Morgan fingerprint density at radius 1 is 0.758 bits per heavy atom. The fraction of sp³-hybridized carbons (Fsp3) is 0.365. The van der Waals surface area contributed by atoms with Crippen molar-refractivity contribution in [2.45, 2.75) is 82.0 Å². The van der Waals surface area contributed by atoms with Gasteiger partial charge in [-0.1, -0.05) is 78.9 Å². The molecule has 4 aliphatic rings. The molecular weight excluding hydrogens is 777 g/mol. The first-order valence-electron chi connectivity index (χ1n) is 22.3. The van der Waals surface area contributed by atoms with Crippen LogP contribution in [0.25, 0.3) is 0 Å². The van der Waals surface area contributed by atoms with E-state index < -0.39 is 12.0 Å². The number of aryl methyl sites for hydroxylation is 1. The molecule has 0 saturated carbocycles. The monoisotopic (exact) mass is 832 g/mol. The Kier molecular flexibility index (Phi) is 12.7. The summed E-state index contributed by atoms with van der Waals surface area (Å²) in [5, 5.41) is 15.4. The van der Waals surface area contributed by atoms with E-state index in [1.165, 1.54) is 27.8 Å². The lowest BCUT2D eigenvalue weighted by Gasteiger charge is -2.47. The summed E-state index contributed by atoms with van der Waals surface area (Å²) in [6, 6.07) is 42.3. The van der Waals surface area contributed by atoms with Gasteiger partial charge >= 0.3 is 5.97 Å². The number of rotatable bonds is 15. The van der Waals surface area contributed by atoms with Crippen LogP contribution in [-0.4, -0.2) is 72.7 Å². The van der Waals surface area contributed by atoms with Gasteiger partial charge in [0.25, 0.3) is 0 Å². The number of ether oxygens (including phenoxy) is 2. The predicted octanol–water partition coefficient (Wildman–Crippen LogP) is 8.09. The Hall–Kier alpha value is -5.97. The van der Waals surface area contributed by atoms with Gasteiger partial charge in [0.2, 0.25) is 11.8 Å². The number of carboxylic acids is 1. The molecule has 0 radical (unpaired) electrons. The van der Waals surface area contributed by atoms with E-state index in [9.17, 15) is 19.5 Å². The summed E-state index contributed by atoms with van der Waals surface area (Å²) in [6.45, 7) is 5.49. The zero-order valence-corrected chi connectivity index (χ0v) is 35.2. The number of benzene rings is 5. The van der Waals surface area contributed by atoms with Gasteiger partial charge in [0.15, 0.2) is 0 Å². The molecule has 1 aliphatic carbocycles. The molecule has 3 saturated heterocycles. The zero-order chi connectivity index (χ0) is 42.4. The molecule has 62 heavy (non-hydrogen) atoms. The van der Waals surface area contributed by atoms with E-state index >= 15 is 0 Å². The molecule has 5 aromatic carbocycles. The molecule has 3 atom stereocenters. The third-order valence-electron chi connectivity index (χ3n) is 13.5. The number of carboxylic acid groups (broad SMARTS) is 1. The van der Waals surface area contributed by atoms with Crippen LogP contribution in [0.4, 0.5) is 5.69 Å². The lowest BCUT2D eigenvalue weighted by atomic mass is 9.69. The van der Waals surface area contributed by atoms with E-state index in [0.717, 1.165) is 75.5 Å². The molecule has 3 N–H and O–H groups in total. The highest BCUT2D eigenvalue weighted by molar-refractivity contribution is 6.00. The molecule has 0 spiro atoms. The van der Waals surface area contributed by atoms with Gasteiger partial charge in [0.05, 0.1) is 18.2 Å². The summed E-state index contributed by atoms with van der Waals surface area (Å²) < 4.78 is 12.6. The van der Waals surface area contributed by atoms with E-state index in [1.807, 2.05) is 30.3 Å². The highest BCUT2D eigenvalue weighted by Gasteiger charge is 2.35. The highest BCUT2D eigenvalue weighted by atomic mass is 16.5. The van der Waals surface area contributed by atoms with Crippen LogP contribution in [0.3, 0.4) is 0 Å². The average molecular weight is 833 g/mol. The first-order chi connectivity index (χ1) is 30.3. The molecule has 10 heteroatoms. The van der Waals surface area contributed by atoms with Gasteiger partial charge in [-0.05, 0) is 126 Å². The number of carbonyl (C=O) groups excluding carboxylic acids is 2. The Morgan fingerprint density at radius 2 is 1.50 bits per heavy atom. The third-order valence-corrected chi connectivity index (χ3v) is 13.5. The van der Waals surface area contributed by atoms with Crippen LogP contribution in [0, 0.1) is 5.92 Å². The smallest absolute Gasteiger partial charge is 0.336 e. The van der Waals surface area contributed by atoms with E-state index in [4.69, 9.17) is 9.47 Å². The van der Waals surface area contributed by atoms with E-state index in [0.29, 0.717) is 43.1 Å². The summed E-state index contributed by atoms with van der Waals surface area (Å²) in [5.41, 5.74) is 8.46. The second-order valence-corrected chi connectivity index (χ2v) is 17.4. The van der Waals surface area contributed by atoms with Gasteiger partial charge in [-0.15, -0.1) is 0 Å². The van der Waals surface area contributed by atoms with Crippen molar-refractivity contribution in [1.29, 1.82) is 0 Å².